The van der Waals surface area contributed by atoms with Gasteiger partial charge in [-0.1, -0.05) is 30.3 Å². The van der Waals surface area contributed by atoms with E-state index in [1.165, 1.54) is 11.8 Å². The third-order valence-corrected chi connectivity index (χ3v) is 4.04. The molecule has 0 aliphatic rings. The number of ether oxygens (including phenoxy) is 1. The first-order valence-electron chi connectivity index (χ1n) is 6.56. The molecule has 110 valence electrons. The van der Waals surface area contributed by atoms with Gasteiger partial charge in [-0.15, -0.1) is 11.8 Å². The third-order valence-electron chi connectivity index (χ3n) is 2.95. The molecule has 2 aromatic carbocycles. The lowest BCUT2D eigenvalue weighted by Crippen LogP contribution is -2.24. The zero-order chi connectivity index (χ0) is 15.1. The minimum atomic E-state index is -0.0332. The maximum absolute atomic E-state index is 11.9. The zero-order valence-corrected chi connectivity index (χ0v) is 12.7. The summed E-state index contributed by atoms with van der Waals surface area (Å²) < 4.78 is 5.25. The van der Waals surface area contributed by atoms with Crippen LogP contribution in [0.1, 0.15) is 5.56 Å². The predicted octanol–water partition coefficient (Wildman–Crippen LogP) is 2.69. The van der Waals surface area contributed by atoms with Crippen LogP contribution in [-0.4, -0.2) is 18.8 Å². The molecule has 0 heterocycles. The van der Waals surface area contributed by atoms with Crippen LogP contribution in [0.15, 0.2) is 53.4 Å². The van der Waals surface area contributed by atoms with E-state index in [4.69, 9.17) is 10.5 Å². The van der Waals surface area contributed by atoms with Gasteiger partial charge in [-0.25, -0.2) is 0 Å². The topological polar surface area (TPSA) is 64.3 Å². The molecule has 2 aromatic rings. The number of hydrogen-bond donors (Lipinski definition) is 2. The van der Waals surface area contributed by atoms with Gasteiger partial charge in [0.15, 0.2) is 0 Å². The fourth-order valence-corrected chi connectivity index (χ4v) is 2.65. The molecule has 0 aliphatic heterocycles. The number of nitrogen functional groups attached to an aromatic ring is 1. The summed E-state index contributed by atoms with van der Waals surface area (Å²) in [6, 6.07) is 15.2. The van der Waals surface area contributed by atoms with Gasteiger partial charge in [0.2, 0.25) is 5.91 Å². The van der Waals surface area contributed by atoms with Gasteiger partial charge in [0.25, 0.3) is 0 Å². The van der Waals surface area contributed by atoms with E-state index in [1.807, 2.05) is 48.5 Å². The number of hydrogen-bond acceptors (Lipinski definition) is 4. The molecule has 0 atom stereocenters. The number of carbonyl (C=O) groups excluding carboxylic acids is 1. The highest BCUT2D eigenvalue weighted by molar-refractivity contribution is 8.00. The fraction of sp³-hybridized carbons (Fsp3) is 0.188. The molecular formula is C16H18N2O2S. The summed E-state index contributed by atoms with van der Waals surface area (Å²) in [4.78, 5) is 12.8. The molecule has 0 fully saturated rings. The van der Waals surface area contributed by atoms with Gasteiger partial charge >= 0.3 is 0 Å². The number of thioether (sulfide) groups is 1. The molecule has 0 saturated carbocycles. The third kappa shape index (κ3) is 4.43. The normalized spacial score (nSPS) is 10.1. The molecule has 1 amide bonds. The number of carbonyl (C=O) groups is 1. The fourth-order valence-electron chi connectivity index (χ4n) is 1.85. The lowest BCUT2D eigenvalue weighted by atomic mass is 10.2. The van der Waals surface area contributed by atoms with Crippen molar-refractivity contribution in [3.8, 4) is 5.75 Å². The summed E-state index contributed by atoms with van der Waals surface area (Å²) in [6.07, 6.45) is 0. The lowest BCUT2D eigenvalue weighted by Gasteiger charge is -2.09. The van der Waals surface area contributed by atoms with Crippen molar-refractivity contribution in [2.75, 3.05) is 18.6 Å². The molecule has 0 saturated heterocycles. The standard InChI is InChI=1S/C16H18N2O2S/c1-20-14-8-4-2-6-12(14)10-18-16(19)11-21-15-9-5-3-7-13(15)17/h2-9H,10-11,17H2,1H3,(H,18,19). The molecule has 5 heteroatoms. The van der Waals surface area contributed by atoms with Crippen LogP contribution in [0, 0.1) is 0 Å². The van der Waals surface area contributed by atoms with Crippen LogP contribution in [0.25, 0.3) is 0 Å². The maximum atomic E-state index is 11.9. The van der Waals surface area contributed by atoms with Crippen LogP contribution in [0.4, 0.5) is 5.69 Å². The van der Waals surface area contributed by atoms with Gasteiger partial charge in [0, 0.05) is 22.7 Å². The SMILES string of the molecule is COc1ccccc1CNC(=O)CSc1ccccc1N. The summed E-state index contributed by atoms with van der Waals surface area (Å²) in [5.41, 5.74) is 7.49. The quantitative estimate of drug-likeness (QED) is 0.636. The maximum Gasteiger partial charge on any atom is 0.230 e. The van der Waals surface area contributed by atoms with Gasteiger partial charge in [0.1, 0.15) is 5.75 Å². The number of para-hydroxylation sites is 2. The van der Waals surface area contributed by atoms with Crippen molar-refractivity contribution in [2.24, 2.45) is 0 Å². The Morgan fingerprint density at radius 2 is 1.90 bits per heavy atom. The molecule has 2 rings (SSSR count). The van der Waals surface area contributed by atoms with E-state index < -0.39 is 0 Å². The van der Waals surface area contributed by atoms with Crippen molar-refractivity contribution in [2.45, 2.75) is 11.4 Å². The van der Waals surface area contributed by atoms with E-state index in [-0.39, 0.29) is 5.91 Å². The van der Waals surface area contributed by atoms with Crippen molar-refractivity contribution in [3.05, 3.63) is 54.1 Å². The van der Waals surface area contributed by atoms with Gasteiger partial charge in [-0.3, -0.25) is 4.79 Å². The summed E-state index contributed by atoms with van der Waals surface area (Å²) in [6.45, 7) is 0.452. The highest BCUT2D eigenvalue weighted by Crippen LogP contribution is 2.24. The minimum Gasteiger partial charge on any atom is -0.496 e. The Labute approximate surface area is 128 Å². The van der Waals surface area contributed by atoms with E-state index in [9.17, 15) is 4.79 Å². The smallest absolute Gasteiger partial charge is 0.230 e. The molecule has 0 bridgehead atoms. The van der Waals surface area contributed by atoms with Crippen LogP contribution in [0.2, 0.25) is 0 Å². The van der Waals surface area contributed by atoms with E-state index in [1.54, 1.807) is 7.11 Å². The number of nitrogens with two attached hydrogens (primary N) is 1. The first-order chi connectivity index (χ1) is 10.2. The Hall–Kier alpha value is -2.14. The number of anilines is 1. The molecule has 0 unspecified atom stereocenters. The average molecular weight is 302 g/mol. The molecule has 0 radical (unpaired) electrons. The van der Waals surface area contributed by atoms with Gasteiger partial charge < -0.3 is 15.8 Å². The number of amides is 1. The molecular weight excluding hydrogens is 284 g/mol. The minimum absolute atomic E-state index is 0.0332. The first kappa shape index (κ1) is 15.3. The van der Waals surface area contributed by atoms with Crippen molar-refractivity contribution in [1.29, 1.82) is 0 Å². The summed E-state index contributed by atoms with van der Waals surface area (Å²) in [5, 5.41) is 2.88. The first-order valence-corrected chi connectivity index (χ1v) is 7.55. The van der Waals surface area contributed by atoms with Gasteiger partial charge in [-0.05, 0) is 18.2 Å². The number of methoxy groups -OCH3 is 1. The molecule has 0 spiro atoms. The number of nitrogens with one attached hydrogen (secondary N) is 1. The Morgan fingerprint density at radius 3 is 2.67 bits per heavy atom. The van der Waals surface area contributed by atoms with Crippen LogP contribution < -0.4 is 15.8 Å². The van der Waals surface area contributed by atoms with Crippen LogP contribution in [0.5, 0.6) is 5.75 Å². The van der Waals surface area contributed by atoms with Crippen LogP contribution in [-0.2, 0) is 11.3 Å². The highest BCUT2D eigenvalue weighted by atomic mass is 32.2. The van der Waals surface area contributed by atoms with Gasteiger partial charge in [0.05, 0.1) is 12.9 Å². The van der Waals surface area contributed by atoms with Crippen molar-refractivity contribution in [3.63, 3.8) is 0 Å². The van der Waals surface area contributed by atoms with Crippen LogP contribution in [0.3, 0.4) is 0 Å². The van der Waals surface area contributed by atoms with E-state index >= 15 is 0 Å². The monoisotopic (exact) mass is 302 g/mol. The molecule has 21 heavy (non-hydrogen) atoms. The van der Waals surface area contributed by atoms with E-state index in [0.717, 1.165) is 16.2 Å². The summed E-state index contributed by atoms with van der Waals surface area (Å²) in [7, 11) is 1.62. The predicted molar refractivity (Wildman–Crippen MR) is 86.4 cm³/mol. The van der Waals surface area contributed by atoms with Crippen molar-refractivity contribution >= 4 is 23.4 Å². The molecule has 4 nitrogen and oxygen atoms in total. The number of rotatable bonds is 6. The number of benzene rings is 2. The van der Waals surface area contributed by atoms with Crippen LogP contribution >= 0.6 is 11.8 Å². The van der Waals surface area contributed by atoms with E-state index in [0.29, 0.717) is 18.0 Å². The van der Waals surface area contributed by atoms with Crippen molar-refractivity contribution in [1.82, 2.24) is 5.32 Å². The average Bonchev–Trinajstić information content (AvgIpc) is 2.52. The molecule has 0 aromatic heterocycles. The second-order valence-corrected chi connectivity index (χ2v) is 5.43. The Balaban J connectivity index is 1.84. The van der Waals surface area contributed by atoms with E-state index in [2.05, 4.69) is 5.32 Å². The Kier molecular flexibility index (Phi) is 5.51. The molecule has 3 N–H and O–H groups in total. The van der Waals surface area contributed by atoms with Gasteiger partial charge in [-0.2, -0.15) is 0 Å². The molecule has 0 aliphatic carbocycles. The lowest BCUT2D eigenvalue weighted by molar-refractivity contribution is -0.118. The highest BCUT2D eigenvalue weighted by Gasteiger charge is 2.07. The zero-order valence-electron chi connectivity index (χ0n) is 11.8. The largest absolute Gasteiger partial charge is 0.496 e. The second-order valence-electron chi connectivity index (χ2n) is 4.42. The summed E-state index contributed by atoms with van der Waals surface area (Å²) >= 11 is 1.43. The van der Waals surface area contributed by atoms with Crippen molar-refractivity contribution < 1.29 is 9.53 Å². The Bertz CT molecular complexity index is 617. The summed E-state index contributed by atoms with van der Waals surface area (Å²) in [5.74, 6) is 1.08. The Morgan fingerprint density at radius 1 is 1.19 bits per heavy atom. The second kappa shape index (κ2) is 7.59.